The van der Waals surface area contributed by atoms with Crippen LogP contribution in [0.5, 0.6) is 5.75 Å². The molecule has 1 aromatic rings. The molecule has 2 aliphatic heterocycles. The van der Waals surface area contributed by atoms with E-state index in [0.29, 0.717) is 44.3 Å². The normalized spacial score (nSPS) is 20.3. The lowest BCUT2D eigenvalue weighted by Gasteiger charge is -2.39. The number of amides is 3. The number of carbonyl (C=O) groups excluding carboxylic acids is 3. The first-order valence-electron chi connectivity index (χ1n) is 10.4. The van der Waals surface area contributed by atoms with E-state index in [1.807, 2.05) is 31.7 Å². The minimum absolute atomic E-state index is 0.00505. The second kappa shape index (κ2) is 8.84. The van der Waals surface area contributed by atoms with Gasteiger partial charge in [0.15, 0.2) is 0 Å². The summed E-state index contributed by atoms with van der Waals surface area (Å²) in [6.45, 7) is 6.91. The molecule has 1 unspecified atom stereocenters. The lowest BCUT2D eigenvalue weighted by molar-refractivity contribution is -0.138. The second-order valence-electron chi connectivity index (χ2n) is 8.22. The van der Waals surface area contributed by atoms with Gasteiger partial charge >= 0.3 is 0 Å². The number of methoxy groups -OCH3 is 1. The van der Waals surface area contributed by atoms with Crippen LogP contribution in [0.1, 0.15) is 55.5 Å². The molecule has 2 saturated heterocycles. The smallest absolute Gasteiger partial charge is 0.254 e. The average molecular weight is 402 g/mol. The van der Waals surface area contributed by atoms with Crippen molar-refractivity contribution in [2.24, 2.45) is 0 Å². The molecule has 29 heavy (non-hydrogen) atoms. The first-order valence-corrected chi connectivity index (χ1v) is 10.4. The summed E-state index contributed by atoms with van der Waals surface area (Å²) in [5.41, 5.74) is 1.56. The van der Waals surface area contributed by atoms with E-state index in [1.165, 1.54) is 0 Å². The molecule has 7 heteroatoms. The molecule has 0 aliphatic carbocycles. The number of nitrogens with zero attached hydrogens (tertiary/aromatic N) is 2. The van der Waals surface area contributed by atoms with E-state index < -0.39 is 0 Å². The predicted octanol–water partition coefficient (Wildman–Crippen LogP) is 2.12. The van der Waals surface area contributed by atoms with Crippen LogP contribution >= 0.6 is 0 Å². The highest BCUT2D eigenvalue weighted by molar-refractivity contribution is 5.96. The van der Waals surface area contributed by atoms with E-state index in [-0.39, 0.29) is 35.8 Å². The Labute approximate surface area is 172 Å². The minimum Gasteiger partial charge on any atom is -0.497 e. The van der Waals surface area contributed by atoms with Crippen molar-refractivity contribution < 1.29 is 19.1 Å². The summed E-state index contributed by atoms with van der Waals surface area (Å²) >= 11 is 0. The fourth-order valence-corrected chi connectivity index (χ4v) is 4.32. The Morgan fingerprint density at radius 1 is 1.17 bits per heavy atom. The number of likely N-dealkylation sites (tertiary alicyclic amines) is 2. The Kier molecular flexibility index (Phi) is 6.45. The van der Waals surface area contributed by atoms with Crippen molar-refractivity contribution in [3.63, 3.8) is 0 Å². The van der Waals surface area contributed by atoms with Crippen molar-refractivity contribution in [2.75, 3.05) is 20.2 Å². The lowest BCUT2D eigenvalue weighted by Crippen LogP contribution is -2.54. The quantitative estimate of drug-likeness (QED) is 0.820. The molecule has 0 aromatic heterocycles. The highest BCUT2D eigenvalue weighted by Gasteiger charge is 2.41. The highest BCUT2D eigenvalue weighted by Crippen LogP contribution is 2.28. The minimum atomic E-state index is -0.388. The van der Waals surface area contributed by atoms with Gasteiger partial charge in [0.1, 0.15) is 11.8 Å². The fraction of sp³-hybridized carbons (Fsp3) is 0.591. The lowest BCUT2D eigenvalue weighted by atomic mass is 10.00. The molecule has 7 nitrogen and oxygen atoms in total. The number of ether oxygens (including phenoxy) is 1. The van der Waals surface area contributed by atoms with Crippen LogP contribution < -0.4 is 10.1 Å². The maximum atomic E-state index is 12.9. The molecular weight excluding hydrogens is 370 g/mol. The van der Waals surface area contributed by atoms with Crippen molar-refractivity contribution in [3.05, 3.63) is 29.3 Å². The van der Waals surface area contributed by atoms with Crippen LogP contribution in [0.2, 0.25) is 0 Å². The molecule has 2 aliphatic rings. The zero-order valence-electron chi connectivity index (χ0n) is 17.7. The van der Waals surface area contributed by atoms with Crippen molar-refractivity contribution >= 4 is 17.7 Å². The van der Waals surface area contributed by atoms with Crippen LogP contribution in [0.25, 0.3) is 0 Å². The van der Waals surface area contributed by atoms with Gasteiger partial charge < -0.3 is 19.9 Å². The van der Waals surface area contributed by atoms with Crippen LogP contribution in [0, 0.1) is 6.92 Å². The van der Waals surface area contributed by atoms with E-state index >= 15 is 0 Å². The molecule has 2 heterocycles. The molecule has 0 spiro atoms. The standard InChI is InChI=1S/C22H31N3O4/c1-14(2)23-21(27)19-7-8-20(26)25(19)16-9-11-24(12-10-16)22(28)18-6-5-17(29-4)13-15(18)3/h5-6,13-14,16,19H,7-12H2,1-4H3,(H,23,27). The van der Waals surface area contributed by atoms with E-state index in [0.717, 1.165) is 11.3 Å². The van der Waals surface area contributed by atoms with Crippen LogP contribution in [-0.4, -0.2) is 65.8 Å². The van der Waals surface area contributed by atoms with E-state index in [1.54, 1.807) is 24.1 Å². The first-order chi connectivity index (χ1) is 13.8. The van der Waals surface area contributed by atoms with Gasteiger partial charge in [-0.05, 0) is 63.8 Å². The van der Waals surface area contributed by atoms with Crippen molar-refractivity contribution in [1.82, 2.24) is 15.1 Å². The molecule has 1 aromatic carbocycles. The number of piperidine rings is 1. The predicted molar refractivity (Wildman–Crippen MR) is 110 cm³/mol. The summed E-state index contributed by atoms with van der Waals surface area (Å²) in [5, 5.41) is 2.93. The number of rotatable bonds is 5. The molecular formula is C22H31N3O4. The Morgan fingerprint density at radius 2 is 1.86 bits per heavy atom. The van der Waals surface area contributed by atoms with Gasteiger partial charge in [-0.1, -0.05) is 0 Å². The third-order valence-electron chi connectivity index (χ3n) is 5.80. The van der Waals surface area contributed by atoms with Gasteiger partial charge in [0.25, 0.3) is 5.91 Å². The van der Waals surface area contributed by atoms with Gasteiger partial charge in [-0.25, -0.2) is 0 Å². The number of hydrogen-bond acceptors (Lipinski definition) is 4. The number of carbonyl (C=O) groups is 3. The Bertz CT molecular complexity index is 784. The van der Waals surface area contributed by atoms with Gasteiger partial charge in [-0.3, -0.25) is 14.4 Å². The van der Waals surface area contributed by atoms with Crippen molar-refractivity contribution in [3.8, 4) is 5.75 Å². The van der Waals surface area contributed by atoms with Gasteiger partial charge in [0.05, 0.1) is 7.11 Å². The van der Waals surface area contributed by atoms with Crippen LogP contribution in [0.15, 0.2) is 18.2 Å². The summed E-state index contributed by atoms with van der Waals surface area (Å²) in [6.07, 6.45) is 2.37. The molecule has 0 radical (unpaired) electrons. The second-order valence-corrected chi connectivity index (χ2v) is 8.22. The number of benzene rings is 1. The van der Waals surface area contributed by atoms with Crippen molar-refractivity contribution in [2.45, 2.75) is 64.6 Å². The van der Waals surface area contributed by atoms with Gasteiger partial charge in [0, 0.05) is 37.2 Å². The third kappa shape index (κ3) is 4.54. The van der Waals surface area contributed by atoms with Gasteiger partial charge in [-0.2, -0.15) is 0 Å². The maximum absolute atomic E-state index is 12.9. The van der Waals surface area contributed by atoms with E-state index in [2.05, 4.69) is 5.32 Å². The van der Waals surface area contributed by atoms with Crippen LogP contribution in [0.3, 0.4) is 0 Å². The molecule has 0 bridgehead atoms. The van der Waals surface area contributed by atoms with Crippen LogP contribution in [0.4, 0.5) is 0 Å². The average Bonchev–Trinajstić information content (AvgIpc) is 3.08. The molecule has 3 rings (SSSR count). The summed E-state index contributed by atoms with van der Waals surface area (Å²) in [4.78, 5) is 41.6. The SMILES string of the molecule is COc1ccc(C(=O)N2CCC(N3C(=O)CCC3C(=O)NC(C)C)CC2)c(C)c1. The summed E-state index contributed by atoms with van der Waals surface area (Å²) < 4.78 is 5.21. The summed E-state index contributed by atoms with van der Waals surface area (Å²) in [7, 11) is 1.61. The van der Waals surface area contributed by atoms with Crippen LogP contribution in [-0.2, 0) is 9.59 Å². The fourth-order valence-electron chi connectivity index (χ4n) is 4.32. The molecule has 1 atom stereocenters. The van der Waals surface area contributed by atoms with Crippen molar-refractivity contribution in [1.29, 1.82) is 0 Å². The highest BCUT2D eigenvalue weighted by atomic mass is 16.5. The Balaban J connectivity index is 1.64. The molecule has 158 valence electrons. The summed E-state index contributed by atoms with van der Waals surface area (Å²) in [6, 6.07) is 5.13. The first kappa shape index (κ1) is 21.1. The Morgan fingerprint density at radius 3 is 2.45 bits per heavy atom. The van der Waals surface area contributed by atoms with E-state index in [9.17, 15) is 14.4 Å². The molecule has 0 saturated carbocycles. The Hall–Kier alpha value is -2.57. The molecule has 3 amide bonds. The largest absolute Gasteiger partial charge is 0.497 e. The number of hydrogen-bond donors (Lipinski definition) is 1. The van der Waals surface area contributed by atoms with Gasteiger partial charge in [-0.15, -0.1) is 0 Å². The number of nitrogens with one attached hydrogen (secondary N) is 1. The molecule has 1 N–H and O–H groups in total. The zero-order valence-corrected chi connectivity index (χ0v) is 17.7. The third-order valence-corrected chi connectivity index (χ3v) is 5.80. The summed E-state index contributed by atoms with van der Waals surface area (Å²) in [5.74, 6) is 0.712. The van der Waals surface area contributed by atoms with Gasteiger partial charge in [0.2, 0.25) is 11.8 Å². The topological polar surface area (TPSA) is 79.0 Å². The number of aryl methyl sites for hydroxylation is 1. The maximum Gasteiger partial charge on any atom is 0.254 e. The molecule has 2 fully saturated rings. The zero-order chi connectivity index (χ0) is 21.1. The van der Waals surface area contributed by atoms with E-state index in [4.69, 9.17) is 4.74 Å². The monoisotopic (exact) mass is 401 g/mol.